The van der Waals surface area contributed by atoms with Gasteiger partial charge in [-0.25, -0.2) is 43.7 Å². The molecule has 0 bridgehead atoms. The van der Waals surface area contributed by atoms with Gasteiger partial charge in [0.2, 0.25) is 0 Å². The Labute approximate surface area is 264 Å². The van der Waals surface area contributed by atoms with Crippen LogP contribution in [0.1, 0.15) is 104 Å². The van der Waals surface area contributed by atoms with Gasteiger partial charge >= 0.3 is 35.8 Å². The molecule has 0 amide bonds. The molecule has 0 unspecified atom stereocenters. The van der Waals surface area contributed by atoms with Crippen LogP contribution in [0.2, 0.25) is 0 Å². The number of carboxylic acids is 2. The largest absolute Gasteiger partial charge is 0.478 e. The molecule has 15 nitrogen and oxygen atoms in total. The molecule has 0 aromatic carbocycles. The number of ether oxygens (including phenoxy) is 4. The van der Waals surface area contributed by atoms with Crippen molar-refractivity contribution in [3.63, 3.8) is 0 Å². The van der Waals surface area contributed by atoms with Crippen molar-refractivity contribution in [2.45, 2.75) is 52.7 Å². The highest BCUT2D eigenvalue weighted by molar-refractivity contribution is 5.92. The molecule has 3 rings (SSSR count). The Morgan fingerprint density at radius 3 is 1.07 bits per heavy atom. The average Bonchev–Trinajstić information content (AvgIpc) is 2.99. The van der Waals surface area contributed by atoms with Crippen molar-refractivity contribution in [3.8, 4) is 0 Å². The number of aromatic carboxylic acids is 2. The molecule has 15 heteroatoms. The van der Waals surface area contributed by atoms with Crippen LogP contribution in [0.3, 0.4) is 0 Å². The fourth-order valence-electron chi connectivity index (χ4n) is 2.81. The molecule has 0 spiro atoms. The minimum absolute atomic E-state index is 0.0345. The van der Waals surface area contributed by atoms with E-state index >= 15 is 0 Å². The van der Waals surface area contributed by atoms with Gasteiger partial charge in [-0.15, -0.1) is 0 Å². The zero-order valence-electron chi connectivity index (χ0n) is 26.5. The third-order valence-corrected chi connectivity index (χ3v) is 4.81. The van der Waals surface area contributed by atoms with E-state index in [1.54, 1.807) is 41.5 Å². The predicted octanol–water partition coefficient (Wildman–Crippen LogP) is 4.13. The second kappa shape index (κ2) is 16.9. The van der Waals surface area contributed by atoms with Crippen molar-refractivity contribution in [1.29, 1.82) is 0 Å². The van der Waals surface area contributed by atoms with Gasteiger partial charge in [0.15, 0.2) is 0 Å². The predicted molar refractivity (Wildman–Crippen MR) is 160 cm³/mol. The number of nitrogens with zero attached hydrogens (tertiary/aromatic N) is 3. The second-order valence-electron chi connectivity index (χ2n) is 10.9. The lowest BCUT2D eigenvalue weighted by atomic mass is 10.2. The zero-order chi connectivity index (χ0) is 35.2. The van der Waals surface area contributed by atoms with E-state index in [1.807, 2.05) is 0 Å². The fourth-order valence-corrected chi connectivity index (χ4v) is 2.81. The van der Waals surface area contributed by atoms with Crippen LogP contribution >= 0.6 is 0 Å². The number of carbonyl (C=O) groups is 6. The van der Waals surface area contributed by atoms with Gasteiger partial charge in [-0.05, 0) is 77.9 Å². The Kier molecular flexibility index (Phi) is 14.1. The van der Waals surface area contributed by atoms with Crippen LogP contribution in [0.5, 0.6) is 0 Å². The summed E-state index contributed by atoms with van der Waals surface area (Å²) < 4.78 is 19.1. The lowest BCUT2D eigenvalue weighted by Gasteiger charge is -2.18. The molecular formula is C31H35N3O12. The van der Waals surface area contributed by atoms with E-state index < -0.39 is 47.0 Å². The minimum Gasteiger partial charge on any atom is -0.478 e. The van der Waals surface area contributed by atoms with Gasteiger partial charge in [-0.1, -0.05) is 0 Å². The lowest BCUT2D eigenvalue weighted by molar-refractivity contribution is 0.00504. The van der Waals surface area contributed by atoms with Crippen molar-refractivity contribution in [1.82, 2.24) is 15.0 Å². The molecule has 0 atom stereocenters. The third kappa shape index (κ3) is 13.7. The summed E-state index contributed by atoms with van der Waals surface area (Å²) >= 11 is 0. The fraction of sp³-hybridized carbons (Fsp3) is 0.323. The Bertz CT molecular complexity index is 1520. The number of carboxylic acid groups (broad SMARTS) is 2. The van der Waals surface area contributed by atoms with Crippen LogP contribution < -0.4 is 0 Å². The van der Waals surface area contributed by atoms with Gasteiger partial charge in [0.25, 0.3) is 0 Å². The Balaban J connectivity index is 0.000000348. The van der Waals surface area contributed by atoms with E-state index in [4.69, 9.17) is 19.7 Å². The lowest BCUT2D eigenvalue weighted by Crippen LogP contribution is -2.24. The molecule has 0 radical (unpaired) electrons. The van der Waals surface area contributed by atoms with Gasteiger partial charge in [-0.3, -0.25) is 0 Å². The Hall–Kier alpha value is -5.73. The first-order chi connectivity index (χ1) is 21.3. The monoisotopic (exact) mass is 641 g/mol. The summed E-state index contributed by atoms with van der Waals surface area (Å²) in [5, 5.41) is 17.1. The van der Waals surface area contributed by atoms with Gasteiger partial charge < -0.3 is 29.2 Å². The number of pyridine rings is 3. The van der Waals surface area contributed by atoms with E-state index in [-0.39, 0.29) is 28.2 Å². The summed E-state index contributed by atoms with van der Waals surface area (Å²) in [7, 11) is 2.53. The van der Waals surface area contributed by atoms with Crippen molar-refractivity contribution in [2.24, 2.45) is 0 Å². The van der Waals surface area contributed by atoms with Crippen molar-refractivity contribution < 1.29 is 57.9 Å². The quantitative estimate of drug-likeness (QED) is 0.285. The van der Waals surface area contributed by atoms with E-state index in [9.17, 15) is 28.8 Å². The van der Waals surface area contributed by atoms with E-state index in [1.165, 1.54) is 56.8 Å². The summed E-state index contributed by atoms with van der Waals surface area (Å²) in [6.07, 6.45) is 3.57. The highest BCUT2D eigenvalue weighted by atomic mass is 16.6. The molecule has 0 aliphatic carbocycles. The molecule has 0 fully saturated rings. The first-order valence-corrected chi connectivity index (χ1v) is 13.3. The minimum atomic E-state index is -1.13. The van der Waals surface area contributed by atoms with Crippen LogP contribution in [-0.4, -0.2) is 86.4 Å². The molecule has 2 N–H and O–H groups in total. The normalized spacial score (nSPS) is 10.4. The first-order valence-electron chi connectivity index (χ1n) is 13.3. The van der Waals surface area contributed by atoms with Crippen molar-refractivity contribution >= 4 is 35.8 Å². The number of hydrogen-bond donors (Lipinski definition) is 2. The summed E-state index contributed by atoms with van der Waals surface area (Å²) in [5.41, 5.74) is -0.455. The standard InChI is InChI=1S/C12H15NO4.C11H13NO4.C8H7NO4/c1-12(2,3)17-11(15)9-6-5-8(7-13-9)10(14)16-4;1-11(2,3)16-10(15)8-5-4-7(6-12-8)9(13)14;1-13-8(12)5-2-3-6(7(10)11)9-4-5/h5-7H,1-4H3;4-6H,1-3H3,(H,13,14);2-4H,1H3,(H,10,11). The third-order valence-electron chi connectivity index (χ3n) is 4.81. The summed E-state index contributed by atoms with van der Waals surface area (Å²) in [5.74, 6) is -4.32. The van der Waals surface area contributed by atoms with Crippen LogP contribution in [-0.2, 0) is 18.9 Å². The summed E-state index contributed by atoms with van der Waals surface area (Å²) in [4.78, 5) is 77.2. The molecule has 3 aromatic rings. The highest BCUT2D eigenvalue weighted by Crippen LogP contribution is 2.12. The molecule has 0 saturated heterocycles. The number of esters is 4. The number of carbonyl (C=O) groups excluding carboxylic acids is 4. The first kappa shape index (κ1) is 38.3. The Morgan fingerprint density at radius 1 is 0.500 bits per heavy atom. The van der Waals surface area contributed by atoms with E-state index in [0.29, 0.717) is 5.56 Å². The van der Waals surface area contributed by atoms with Gasteiger partial charge in [-0.2, -0.15) is 0 Å². The number of rotatable bonds is 6. The van der Waals surface area contributed by atoms with Gasteiger partial charge in [0.1, 0.15) is 28.3 Å². The second-order valence-corrected chi connectivity index (χ2v) is 10.9. The molecule has 3 heterocycles. The molecule has 0 aliphatic heterocycles. The Morgan fingerprint density at radius 2 is 0.826 bits per heavy atom. The number of hydrogen-bond acceptors (Lipinski definition) is 13. The van der Waals surface area contributed by atoms with Crippen LogP contribution in [0.4, 0.5) is 0 Å². The van der Waals surface area contributed by atoms with Crippen LogP contribution in [0.25, 0.3) is 0 Å². The summed E-state index contributed by atoms with van der Waals surface area (Å²) in [6.45, 7) is 10.6. The number of methoxy groups -OCH3 is 2. The van der Waals surface area contributed by atoms with Crippen molar-refractivity contribution in [3.05, 3.63) is 88.8 Å². The average molecular weight is 642 g/mol. The number of aromatic nitrogens is 3. The molecular weight excluding hydrogens is 606 g/mol. The van der Waals surface area contributed by atoms with E-state index in [2.05, 4.69) is 24.4 Å². The van der Waals surface area contributed by atoms with E-state index in [0.717, 1.165) is 12.4 Å². The van der Waals surface area contributed by atoms with Crippen LogP contribution in [0.15, 0.2) is 55.0 Å². The van der Waals surface area contributed by atoms with Gasteiger partial charge in [0, 0.05) is 18.6 Å². The zero-order valence-corrected chi connectivity index (χ0v) is 26.5. The highest BCUT2D eigenvalue weighted by Gasteiger charge is 2.20. The topological polar surface area (TPSA) is 218 Å². The molecule has 46 heavy (non-hydrogen) atoms. The maximum absolute atomic E-state index is 11.6. The SMILES string of the molecule is CC(C)(C)OC(=O)c1ccc(C(=O)O)cn1.COC(=O)c1ccc(C(=O)O)nc1.COC(=O)c1ccc(C(=O)OC(C)(C)C)nc1. The molecule has 0 aliphatic rings. The maximum atomic E-state index is 11.6. The molecule has 246 valence electrons. The smallest absolute Gasteiger partial charge is 0.357 e. The van der Waals surface area contributed by atoms with Crippen molar-refractivity contribution in [2.75, 3.05) is 14.2 Å². The maximum Gasteiger partial charge on any atom is 0.357 e. The van der Waals surface area contributed by atoms with Crippen LogP contribution in [0, 0.1) is 0 Å². The van der Waals surface area contributed by atoms with Gasteiger partial charge in [0.05, 0.1) is 30.9 Å². The molecule has 3 aromatic heterocycles. The molecule has 0 saturated carbocycles. The summed E-state index contributed by atoms with van der Waals surface area (Å²) in [6, 6.07) is 8.14.